The highest BCUT2D eigenvalue weighted by atomic mass is 31.2. The van der Waals surface area contributed by atoms with Crippen molar-refractivity contribution in [1.29, 1.82) is 0 Å². The second kappa shape index (κ2) is 13.9. The number of rotatable bonds is 13. The summed E-state index contributed by atoms with van der Waals surface area (Å²) >= 11 is 0. The lowest BCUT2D eigenvalue weighted by atomic mass is 10.2. The van der Waals surface area contributed by atoms with Gasteiger partial charge in [0.1, 0.15) is 12.2 Å². The predicted octanol–water partition coefficient (Wildman–Crippen LogP) is 3.83. The summed E-state index contributed by atoms with van der Waals surface area (Å²) in [6, 6.07) is 0. The average Bonchev–Trinajstić information content (AvgIpc) is 2.72. The predicted molar refractivity (Wildman–Crippen MR) is 127 cm³/mol. The van der Waals surface area contributed by atoms with E-state index in [2.05, 4.69) is 55.2 Å². The zero-order valence-corrected chi connectivity index (χ0v) is 18.3. The first kappa shape index (κ1) is 24.8. The third kappa shape index (κ3) is 9.23. The number of aliphatic hydroxyl groups is 1. The van der Waals surface area contributed by atoms with Gasteiger partial charge in [0, 0.05) is 6.42 Å². The molecule has 158 valence electrons. The van der Waals surface area contributed by atoms with Crippen LogP contribution in [0.15, 0.2) is 85.6 Å². The molecular weight excluding hydrogens is 381 g/mol. The van der Waals surface area contributed by atoms with Crippen LogP contribution in [-0.2, 0) is 4.74 Å². The standard InChI is InChI=1S/C23H35N3O2P/c1-4-6-8-13-17-29(18-14-9-7-5-2,21-15-11-10-12-16-21)20-28-22(27)19-26(3)23(24)25/h4-6,8,10-15,17-18,21-22,27H,1-2,7,9,16,19-20H2,3H3,(H3,24,25)/q+1/p+1/b8-6-,17-13+,18-14+. The van der Waals surface area contributed by atoms with Crippen molar-refractivity contribution in [2.75, 3.05) is 19.9 Å². The second-order valence-electron chi connectivity index (χ2n) is 6.88. The molecule has 3 atom stereocenters. The molecule has 0 heterocycles. The first-order valence-electron chi connectivity index (χ1n) is 9.80. The summed E-state index contributed by atoms with van der Waals surface area (Å²) in [5, 5.41) is 10.4. The molecule has 0 spiro atoms. The van der Waals surface area contributed by atoms with Crippen molar-refractivity contribution in [3.63, 3.8) is 0 Å². The van der Waals surface area contributed by atoms with Crippen LogP contribution in [0.25, 0.3) is 0 Å². The van der Waals surface area contributed by atoms with E-state index < -0.39 is 13.6 Å². The molecule has 0 aliphatic heterocycles. The molecule has 3 unspecified atom stereocenters. The molecule has 6 heteroatoms. The molecule has 0 saturated carbocycles. The second-order valence-corrected chi connectivity index (χ2v) is 10.4. The first-order chi connectivity index (χ1) is 13.9. The Balaban J connectivity index is 3.12. The molecule has 0 radical (unpaired) electrons. The largest absolute Gasteiger partial charge is 0.365 e. The quantitative estimate of drug-likeness (QED) is 0.0621. The Morgan fingerprint density at radius 3 is 2.66 bits per heavy atom. The summed E-state index contributed by atoms with van der Waals surface area (Å²) in [4.78, 5) is 0. The third-order valence-corrected chi connectivity index (χ3v) is 8.29. The Labute approximate surface area is 176 Å². The Kier molecular flexibility index (Phi) is 11.9. The molecule has 29 heavy (non-hydrogen) atoms. The van der Waals surface area contributed by atoms with Crippen LogP contribution in [0.3, 0.4) is 0 Å². The van der Waals surface area contributed by atoms with Gasteiger partial charge in [-0.25, -0.2) is 0 Å². The Morgan fingerprint density at radius 2 is 2.03 bits per heavy atom. The van der Waals surface area contributed by atoms with E-state index in [0.29, 0.717) is 12.0 Å². The maximum atomic E-state index is 10.4. The number of hydrogen-bond donors (Lipinski definition) is 3. The molecule has 0 saturated heterocycles. The van der Waals surface area contributed by atoms with E-state index in [1.165, 1.54) is 0 Å². The molecule has 0 amide bonds. The van der Waals surface area contributed by atoms with Crippen LogP contribution in [0.2, 0.25) is 0 Å². The molecule has 0 fully saturated rings. The monoisotopic (exact) mass is 417 g/mol. The molecule has 5 N–H and O–H groups in total. The van der Waals surface area contributed by atoms with Gasteiger partial charge in [-0.1, -0.05) is 49.1 Å². The van der Waals surface area contributed by atoms with Gasteiger partial charge in [-0.15, -0.1) is 6.58 Å². The average molecular weight is 418 g/mol. The zero-order chi connectivity index (χ0) is 21.5. The molecular formula is C23H36N3O2P+2. The first-order valence-corrected chi connectivity index (χ1v) is 12.0. The summed E-state index contributed by atoms with van der Waals surface area (Å²) in [7, 11) is -0.146. The van der Waals surface area contributed by atoms with Crippen LogP contribution in [0.4, 0.5) is 0 Å². The van der Waals surface area contributed by atoms with E-state index in [0.717, 1.165) is 19.3 Å². The van der Waals surface area contributed by atoms with E-state index in [4.69, 9.17) is 16.2 Å². The number of aliphatic hydroxyl groups excluding tert-OH is 1. The Morgan fingerprint density at radius 1 is 1.24 bits per heavy atom. The summed E-state index contributed by atoms with van der Waals surface area (Å²) < 4.78 is 7.48. The van der Waals surface area contributed by atoms with Gasteiger partial charge in [-0.05, 0) is 31.1 Å². The van der Waals surface area contributed by atoms with Gasteiger partial charge in [0.25, 0.3) is 0 Å². The minimum Gasteiger partial charge on any atom is -0.365 e. The van der Waals surface area contributed by atoms with E-state index in [9.17, 15) is 5.11 Å². The van der Waals surface area contributed by atoms with Crippen molar-refractivity contribution in [3.8, 4) is 0 Å². The number of likely N-dealkylation sites (N-methyl/N-ethyl adjacent to an activating group) is 1. The van der Waals surface area contributed by atoms with Crippen LogP contribution in [0.1, 0.15) is 19.3 Å². The Bertz CT molecular complexity index is 703. The van der Waals surface area contributed by atoms with Gasteiger partial charge in [0.05, 0.1) is 25.9 Å². The number of allylic oxidation sites excluding steroid dienone is 10. The maximum absolute atomic E-state index is 10.4. The summed E-state index contributed by atoms with van der Waals surface area (Å²) in [5.74, 6) is 4.68. The molecule has 0 aromatic heterocycles. The van der Waals surface area contributed by atoms with E-state index >= 15 is 0 Å². The minimum atomic E-state index is -1.86. The fourth-order valence-corrected chi connectivity index (χ4v) is 6.05. The summed E-state index contributed by atoms with van der Waals surface area (Å²) in [6.45, 7) is 7.72. The highest BCUT2D eigenvalue weighted by Crippen LogP contribution is 2.68. The van der Waals surface area contributed by atoms with Gasteiger partial charge in [-0.2, -0.15) is 0 Å². The fraction of sp³-hybridized carbons (Fsp3) is 0.348. The normalized spacial score (nSPS) is 19.6. The number of nitrogens with two attached hydrogens (primary N) is 2. The molecule has 1 aliphatic rings. The summed E-state index contributed by atoms with van der Waals surface area (Å²) in [6.07, 6.45) is 22.6. The van der Waals surface area contributed by atoms with Crippen LogP contribution < -0.4 is 11.5 Å². The fourth-order valence-electron chi connectivity index (χ4n) is 2.82. The van der Waals surface area contributed by atoms with Gasteiger partial charge in [0.2, 0.25) is 0 Å². The van der Waals surface area contributed by atoms with Gasteiger partial charge >= 0.3 is 5.96 Å². The highest BCUT2D eigenvalue weighted by Gasteiger charge is 2.41. The van der Waals surface area contributed by atoms with Crippen molar-refractivity contribution in [3.05, 3.63) is 85.6 Å². The molecule has 5 nitrogen and oxygen atoms in total. The zero-order valence-electron chi connectivity index (χ0n) is 17.4. The van der Waals surface area contributed by atoms with Crippen LogP contribution in [0.5, 0.6) is 0 Å². The number of nitrogens with zero attached hydrogens (tertiary/aromatic N) is 1. The molecule has 0 bridgehead atoms. The Hall–Kier alpha value is -2.20. The van der Waals surface area contributed by atoms with Gasteiger partial charge in [-0.3, -0.25) is 16.0 Å². The van der Waals surface area contributed by atoms with Crippen molar-refractivity contribution in [1.82, 2.24) is 0 Å². The smallest absolute Gasteiger partial charge is 0.341 e. The number of ether oxygens (including phenoxy) is 1. The lowest BCUT2D eigenvalue weighted by molar-refractivity contribution is -0.520. The highest BCUT2D eigenvalue weighted by molar-refractivity contribution is 7.82. The maximum Gasteiger partial charge on any atom is 0.341 e. The minimum absolute atomic E-state index is 0.146. The molecule has 1 aliphatic carbocycles. The lowest BCUT2D eigenvalue weighted by Crippen LogP contribution is -2.38. The van der Waals surface area contributed by atoms with Crippen molar-refractivity contribution >= 4 is 13.2 Å². The van der Waals surface area contributed by atoms with Crippen molar-refractivity contribution in [2.45, 2.75) is 31.2 Å². The topological polar surface area (TPSA) is 84.5 Å². The van der Waals surface area contributed by atoms with Crippen molar-refractivity contribution < 1.29 is 14.4 Å². The van der Waals surface area contributed by atoms with Gasteiger partial charge in [0.15, 0.2) is 12.6 Å². The van der Waals surface area contributed by atoms with Crippen LogP contribution in [0, 0.1) is 0 Å². The molecule has 1 rings (SSSR count). The van der Waals surface area contributed by atoms with Crippen LogP contribution >= 0.6 is 7.26 Å². The van der Waals surface area contributed by atoms with Crippen LogP contribution in [-0.4, -0.2) is 47.5 Å². The SMILES string of the molecule is C=C/C=C\C=C\[P+](/C=C/CCC=C)(COC(O)C[N+](C)=C(N)N)C1C=CC=CC1. The number of hydrogen-bond acceptors (Lipinski definition) is 2. The van der Waals surface area contributed by atoms with Gasteiger partial charge < -0.3 is 9.84 Å². The number of unbranched alkanes of at least 4 members (excludes halogenated alkanes) is 1. The molecule has 0 aromatic rings. The van der Waals surface area contributed by atoms with E-state index in [-0.39, 0.29) is 12.5 Å². The van der Waals surface area contributed by atoms with E-state index in [1.54, 1.807) is 17.7 Å². The van der Waals surface area contributed by atoms with E-state index in [1.807, 2.05) is 24.3 Å². The summed E-state index contributed by atoms with van der Waals surface area (Å²) in [5.41, 5.74) is 11.5. The third-order valence-electron chi connectivity index (χ3n) is 4.58. The van der Waals surface area contributed by atoms with Crippen molar-refractivity contribution in [2.24, 2.45) is 11.5 Å². The molecule has 0 aromatic carbocycles. The number of guanidine groups is 1. The lowest BCUT2D eigenvalue weighted by Gasteiger charge is -2.28.